The normalized spacial score (nSPS) is 12.2. The van der Waals surface area contributed by atoms with Crippen LogP contribution in [0.15, 0.2) is 47.6 Å². The first kappa shape index (κ1) is 17.5. The van der Waals surface area contributed by atoms with Gasteiger partial charge in [-0.3, -0.25) is 9.89 Å². The van der Waals surface area contributed by atoms with E-state index in [4.69, 9.17) is 0 Å². The van der Waals surface area contributed by atoms with Gasteiger partial charge in [0.2, 0.25) is 11.1 Å². The molecule has 0 saturated carbocycles. The van der Waals surface area contributed by atoms with Gasteiger partial charge >= 0.3 is 0 Å². The van der Waals surface area contributed by atoms with E-state index in [1.807, 2.05) is 19.1 Å². The van der Waals surface area contributed by atoms with Gasteiger partial charge < -0.3 is 5.32 Å². The van der Waals surface area contributed by atoms with Crippen LogP contribution in [0, 0.1) is 0 Å². The van der Waals surface area contributed by atoms with Crippen LogP contribution >= 0.6 is 11.8 Å². The lowest BCUT2D eigenvalue weighted by Crippen LogP contribution is -2.28. The third kappa shape index (κ3) is 4.60. The number of carbonyl (C=O) groups is 1. The third-order valence-electron chi connectivity index (χ3n) is 3.98. The molecule has 6 heteroatoms. The minimum atomic E-state index is -0.0412. The molecular formula is C19H22N4OS. The second-order valence-corrected chi connectivity index (χ2v) is 6.94. The van der Waals surface area contributed by atoms with Crippen LogP contribution in [0.1, 0.15) is 37.7 Å². The summed E-state index contributed by atoms with van der Waals surface area (Å²) in [5.41, 5.74) is 1.10. The molecule has 1 aromatic heterocycles. The zero-order chi connectivity index (χ0) is 17.6. The number of nitrogens with one attached hydrogen (secondary N) is 2. The predicted molar refractivity (Wildman–Crippen MR) is 102 cm³/mol. The Balaban J connectivity index is 1.55. The van der Waals surface area contributed by atoms with Crippen LogP contribution in [0.2, 0.25) is 0 Å². The molecule has 2 N–H and O–H groups in total. The molecule has 5 nitrogen and oxygen atoms in total. The van der Waals surface area contributed by atoms with Crippen molar-refractivity contribution in [3.63, 3.8) is 0 Å². The highest BCUT2D eigenvalue weighted by Crippen LogP contribution is 2.20. The molecular weight excluding hydrogens is 332 g/mol. The van der Waals surface area contributed by atoms with Crippen LogP contribution in [-0.4, -0.2) is 26.8 Å². The first-order valence-corrected chi connectivity index (χ1v) is 9.46. The van der Waals surface area contributed by atoms with E-state index in [1.54, 1.807) is 0 Å². The lowest BCUT2D eigenvalue weighted by Gasteiger charge is -2.14. The monoisotopic (exact) mass is 354 g/mol. The minimum absolute atomic E-state index is 0.0208. The number of hydrogen-bond donors (Lipinski definition) is 2. The Hall–Kier alpha value is -2.34. The second kappa shape index (κ2) is 8.16. The summed E-state index contributed by atoms with van der Waals surface area (Å²) in [6.07, 6.45) is 1.89. The number of rotatable bonds is 7. The first-order valence-electron chi connectivity index (χ1n) is 8.48. The Kier molecular flexibility index (Phi) is 5.71. The molecule has 3 rings (SSSR count). The van der Waals surface area contributed by atoms with Gasteiger partial charge in [0.25, 0.3) is 0 Å². The van der Waals surface area contributed by atoms with E-state index in [0.717, 1.165) is 24.2 Å². The van der Waals surface area contributed by atoms with Crippen LogP contribution in [0.25, 0.3) is 10.8 Å². The summed E-state index contributed by atoms with van der Waals surface area (Å²) in [7, 11) is 0. The SMILES string of the molecule is CCCc1nc(SCC(=O)NC(C)c2ccc3ccccc3c2)n[nH]1. The molecule has 1 heterocycles. The standard InChI is InChI=1S/C19H22N4OS/c1-3-6-17-21-19(23-22-17)25-12-18(24)20-13(2)15-10-9-14-7-4-5-8-16(14)11-15/h4-5,7-11,13H,3,6,12H2,1-2H3,(H,20,24)(H,21,22,23). The zero-order valence-electron chi connectivity index (χ0n) is 14.5. The lowest BCUT2D eigenvalue weighted by molar-refractivity contribution is -0.119. The molecule has 1 atom stereocenters. The van der Waals surface area contributed by atoms with Crippen molar-refractivity contribution >= 4 is 28.4 Å². The van der Waals surface area contributed by atoms with Gasteiger partial charge in [0.1, 0.15) is 5.82 Å². The number of benzene rings is 2. The number of thioether (sulfide) groups is 1. The fourth-order valence-electron chi connectivity index (χ4n) is 2.66. The molecule has 25 heavy (non-hydrogen) atoms. The topological polar surface area (TPSA) is 70.7 Å². The number of carbonyl (C=O) groups excluding carboxylic acids is 1. The molecule has 0 fully saturated rings. The average molecular weight is 354 g/mol. The summed E-state index contributed by atoms with van der Waals surface area (Å²) in [4.78, 5) is 16.6. The van der Waals surface area contributed by atoms with Gasteiger partial charge in [-0.1, -0.05) is 55.1 Å². The van der Waals surface area contributed by atoms with Crippen LogP contribution in [0.3, 0.4) is 0 Å². The maximum absolute atomic E-state index is 12.2. The quantitative estimate of drug-likeness (QED) is 0.632. The molecule has 0 bridgehead atoms. The molecule has 0 aliphatic rings. The smallest absolute Gasteiger partial charge is 0.230 e. The van der Waals surface area contributed by atoms with Crippen LogP contribution < -0.4 is 5.32 Å². The fraction of sp³-hybridized carbons (Fsp3) is 0.316. The largest absolute Gasteiger partial charge is 0.349 e. The highest BCUT2D eigenvalue weighted by Gasteiger charge is 2.12. The Bertz CT molecular complexity index is 861. The number of hydrogen-bond acceptors (Lipinski definition) is 4. The summed E-state index contributed by atoms with van der Waals surface area (Å²) in [5, 5.41) is 13.1. The molecule has 0 aliphatic carbocycles. The highest BCUT2D eigenvalue weighted by molar-refractivity contribution is 7.99. The van der Waals surface area contributed by atoms with Gasteiger partial charge in [-0.25, -0.2) is 4.98 Å². The maximum atomic E-state index is 12.2. The van der Waals surface area contributed by atoms with E-state index in [2.05, 4.69) is 57.8 Å². The van der Waals surface area contributed by atoms with Gasteiger partial charge in [0, 0.05) is 6.42 Å². The summed E-state index contributed by atoms with van der Waals surface area (Å²) < 4.78 is 0. The molecule has 0 aliphatic heterocycles. The lowest BCUT2D eigenvalue weighted by atomic mass is 10.0. The first-order chi connectivity index (χ1) is 12.2. The second-order valence-electron chi connectivity index (χ2n) is 6.00. The molecule has 130 valence electrons. The van der Waals surface area contributed by atoms with E-state index in [-0.39, 0.29) is 11.9 Å². The molecule has 1 unspecified atom stereocenters. The summed E-state index contributed by atoms with van der Waals surface area (Å²) in [5.74, 6) is 1.16. The predicted octanol–water partition coefficient (Wildman–Crippen LogP) is 3.88. The van der Waals surface area contributed by atoms with Gasteiger partial charge in [-0.05, 0) is 35.7 Å². The zero-order valence-corrected chi connectivity index (χ0v) is 15.3. The average Bonchev–Trinajstić information content (AvgIpc) is 3.07. The Morgan fingerprint density at radius 3 is 2.84 bits per heavy atom. The van der Waals surface area contributed by atoms with E-state index in [1.165, 1.54) is 22.5 Å². The third-order valence-corrected chi connectivity index (χ3v) is 4.83. The van der Waals surface area contributed by atoms with Crippen LogP contribution in [0.5, 0.6) is 0 Å². The van der Waals surface area contributed by atoms with Crippen LogP contribution in [0.4, 0.5) is 0 Å². The van der Waals surface area contributed by atoms with E-state index in [0.29, 0.717) is 10.9 Å². The maximum Gasteiger partial charge on any atom is 0.230 e. The van der Waals surface area contributed by atoms with Crippen molar-refractivity contribution in [2.24, 2.45) is 0 Å². The Morgan fingerprint density at radius 1 is 1.24 bits per heavy atom. The van der Waals surface area contributed by atoms with Crippen molar-refractivity contribution in [3.05, 3.63) is 53.9 Å². The highest BCUT2D eigenvalue weighted by atomic mass is 32.2. The van der Waals surface area contributed by atoms with Crippen molar-refractivity contribution in [2.75, 3.05) is 5.75 Å². The minimum Gasteiger partial charge on any atom is -0.349 e. The number of aromatic nitrogens is 3. The number of amides is 1. The van der Waals surface area contributed by atoms with Crippen molar-refractivity contribution in [1.29, 1.82) is 0 Å². The van der Waals surface area contributed by atoms with Crippen molar-refractivity contribution in [1.82, 2.24) is 20.5 Å². The van der Waals surface area contributed by atoms with Crippen molar-refractivity contribution < 1.29 is 4.79 Å². The van der Waals surface area contributed by atoms with Gasteiger partial charge in [-0.15, -0.1) is 5.10 Å². The van der Waals surface area contributed by atoms with Crippen molar-refractivity contribution in [3.8, 4) is 0 Å². The van der Waals surface area contributed by atoms with Gasteiger partial charge in [0.15, 0.2) is 0 Å². The van der Waals surface area contributed by atoms with Crippen molar-refractivity contribution in [2.45, 2.75) is 37.9 Å². The summed E-state index contributed by atoms with van der Waals surface area (Å²) in [6, 6.07) is 14.5. The van der Waals surface area contributed by atoms with Crippen LogP contribution in [-0.2, 0) is 11.2 Å². The Labute approximate surface area is 151 Å². The van der Waals surface area contributed by atoms with Gasteiger partial charge in [-0.2, -0.15) is 0 Å². The summed E-state index contributed by atoms with van der Waals surface area (Å²) in [6.45, 7) is 4.09. The number of aryl methyl sites for hydroxylation is 1. The number of aromatic amines is 1. The van der Waals surface area contributed by atoms with E-state index < -0.39 is 0 Å². The van der Waals surface area contributed by atoms with E-state index >= 15 is 0 Å². The number of fused-ring (bicyclic) bond motifs is 1. The molecule has 0 spiro atoms. The van der Waals surface area contributed by atoms with E-state index in [9.17, 15) is 4.79 Å². The molecule has 2 aromatic carbocycles. The molecule has 0 radical (unpaired) electrons. The summed E-state index contributed by atoms with van der Waals surface area (Å²) >= 11 is 1.35. The molecule has 3 aromatic rings. The molecule has 0 saturated heterocycles. The van der Waals surface area contributed by atoms with Gasteiger partial charge in [0.05, 0.1) is 11.8 Å². The molecule has 1 amide bonds. The Morgan fingerprint density at radius 2 is 2.04 bits per heavy atom. The fourth-order valence-corrected chi connectivity index (χ4v) is 3.29. The number of H-pyrrole nitrogens is 1. The number of nitrogens with zero attached hydrogens (tertiary/aromatic N) is 2.